The number of amides is 2. The largest absolute Gasteiger partial charge is 0.354 e. The van der Waals surface area contributed by atoms with E-state index in [2.05, 4.69) is 22.1 Å². The number of nitrogens with one attached hydrogen (secondary N) is 2. The van der Waals surface area contributed by atoms with Crippen LogP contribution in [0.4, 0.5) is 0 Å². The molecule has 21 heavy (non-hydrogen) atoms. The quantitative estimate of drug-likeness (QED) is 0.666. The number of hydrogen-bond donors (Lipinski definition) is 2. The molecular weight excluding hydrogens is 266 g/mol. The minimum Gasteiger partial charge on any atom is -0.354 e. The van der Waals surface area contributed by atoms with Crippen molar-refractivity contribution >= 4 is 11.8 Å². The lowest BCUT2D eigenvalue weighted by molar-refractivity contribution is -0.128. The van der Waals surface area contributed by atoms with Crippen molar-refractivity contribution in [1.29, 1.82) is 0 Å². The Balaban J connectivity index is 3.87. The fourth-order valence-electron chi connectivity index (χ4n) is 1.42. The summed E-state index contributed by atoms with van der Waals surface area (Å²) >= 11 is 0. The van der Waals surface area contributed by atoms with Crippen LogP contribution < -0.4 is 10.6 Å². The molecule has 122 valence electrons. The highest BCUT2D eigenvalue weighted by Gasteiger charge is 2.23. The lowest BCUT2D eigenvalue weighted by Gasteiger charge is -2.22. The molecule has 0 aromatic rings. The number of nitrogens with zero attached hydrogens (tertiary/aromatic N) is 1. The van der Waals surface area contributed by atoms with Crippen molar-refractivity contribution in [3.63, 3.8) is 0 Å². The van der Waals surface area contributed by atoms with Gasteiger partial charge in [0.2, 0.25) is 11.8 Å². The summed E-state index contributed by atoms with van der Waals surface area (Å²) in [4.78, 5) is 25.6. The minimum atomic E-state index is -0.542. The molecule has 0 heterocycles. The summed E-state index contributed by atoms with van der Waals surface area (Å²) in [5.74, 6) is 0.0314. The zero-order valence-electron chi connectivity index (χ0n) is 14.4. The highest BCUT2D eigenvalue weighted by molar-refractivity contribution is 5.83. The Morgan fingerprint density at radius 1 is 1.00 bits per heavy atom. The van der Waals surface area contributed by atoms with Crippen LogP contribution in [0.15, 0.2) is 12.7 Å². The second-order valence-electron chi connectivity index (χ2n) is 6.99. The summed E-state index contributed by atoms with van der Waals surface area (Å²) in [7, 11) is 1.97. The number of rotatable bonds is 8. The molecule has 0 aromatic heterocycles. The van der Waals surface area contributed by atoms with Gasteiger partial charge < -0.3 is 15.5 Å². The molecule has 0 spiro atoms. The average molecular weight is 297 g/mol. The standard InChI is InChI=1S/C16H31N3O2/c1-8-16(5,6)14(21)18-10-12-19(7)11-9-17-13(20)15(2,3)4/h8H,1,9-12H2,2-7H3,(H,17,20)(H,18,21). The van der Waals surface area contributed by atoms with Gasteiger partial charge in [-0.15, -0.1) is 6.58 Å². The number of carbonyl (C=O) groups excluding carboxylic acids is 2. The van der Waals surface area contributed by atoms with Crippen LogP contribution in [0.3, 0.4) is 0 Å². The predicted octanol–water partition coefficient (Wildman–Crippen LogP) is 1.41. The Morgan fingerprint density at radius 2 is 1.43 bits per heavy atom. The number of hydrogen-bond acceptors (Lipinski definition) is 3. The third-order valence-electron chi connectivity index (χ3n) is 3.33. The van der Waals surface area contributed by atoms with E-state index in [1.54, 1.807) is 6.08 Å². The first-order valence-corrected chi connectivity index (χ1v) is 7.39. The van der Waals surface area contributed by atoms with E-state index in [9.17, 15) is 9.59 Å². The molecule has 5 nitrogen and oxygen atoms in total. The maximum absolute atomic E-state index is 11.8. The molecule has 0 fully saturated rings. The monoisotopic (exact) mass is 297 g/mol. The fraction of sp³-hybridized carbons (Fsp3) is 0.750. The van der Waals surface area contributed by atoms with Crippen molar-refractivity contribution < 1.29 is 9.59 Å². The summed E-state index contributed by atoms with van der Waals surface area (Å²) in [6.07, 6.45) is 1.65. The highest BCUT2D eigenvalue weighted by Crippen LogP contribution is 2.15. The first kappa shape index (κ1) is 19.6. The van der Waals surface area contributed by atoms with E-state index in [1.165, 1.54) is 0 Å². The molecular formula is C16H31N3O2. The van der Waals surface area contributed by atoms with Crippen LogP contribution in [-0.2, 0) is 9.59 Å². The summed E-state index contributed by atoms with van der Waals surface area (Å²) < 4.78 is 0. The van der Waals surface area contributed by atoms with E-state index >= 15 is 0 Å². The molecule has 0 saturated heterocycles. The van der Waals surface area contributed by atoms with Crippen LogP contribution in [0.25, 0.3) is 0 Å². The molecule has 0 saturated carbocycles. The normalized spacial score (nSPS) is 12.1. The lowest BCUT2D eigenvalue weighted by atomic mass is 9.93. The molecule has 0 atom stereocenters. The molecule has 0 aliphatic carbocycles. The third kappa shape index (κ3) is 7.85. The van der Waals surface area contributed by atoms with Gasteiger partial charge in [0.05, 0.1) is 5.41 Å². The molecule has 2 N–H and O–H groups in total. The maximum Gasteiger partial charge on any atom is 0.229 e. The summed E-state index contributed by atoms with van der Waals surface area (Å²) in [6.45, 7) is 15.7. The Kier molecular flexibility index (Phi) is 7.64. The number of carbonyl (C=O) groups is 2. The van der Waals surface area contributed by atoms with Crippen molar-refractivity contribution in [2.24, 2.45) is 10.8 Å². The van der Waals surface area contributed by atoms with Crippen LogP contribution in [-0.4, -0.2) is 49.9 Å². The second kappa shape index (κ2) is 8.17. The molecule has 0 aromatic carbocycles. The summed E-state index contributed by atoms with van der Waals surface area (Å²) in [6, 6.07) is 0. The maximum atomic E-state index is 11.8. The van der Waals surface area contributed by atoms with E-state index in [0.29, 0.717) is 13.1 Å². The highest BCUT2D eigenvalue weighted by atomic mass is 16.2. The van der Waals surface area contributed by atoms with E-state index < -0.39 is 5.41 Å². The zero-order valence-corrected chi connectivity index (χ0v) is 14.4. The van der Waals surface area contributed by atoms with Crippen LogP contribution in [0.5, 0.6) is 0 Å². The predicted molar refractivity (Wildman–Crippen MR) is 86.9 cm³/mol. The smallest absolute Gasteiger partial charge is 0.229 e. The molecule has 0 unspecified atom stereocenters. The van der Waals surface area contributed by atoms with Gasteiger partial charge in [-0.2, -0.15) is 0 Å². The van der Waals surface area contributed by atoms with Gasteiger partial charge in [0.1, 0.15) is 0 Å². The van der Waals surface area contributed by atoms with Gasteiger partial charge in [0.15, 0.2) is 0 Å². The topological polar surface area (TPSA) is 61.4 Å². The van der Waals surface area contributed by atoms with E-state index in [4.69, 9.17) is 0 Å². The molecule has 0 rings (SSSR count). The zero-order chi connectivity index (χ0) is 16.7. The van der Waals surface area contributed by atoms with E-state index in [0.717, 1.165) is 13.1 Å². The van der Waals surface area contributed by atoms with Gasteiger partial charge in [-0.3, -0.25) is 9.59 Å². The molecule has 0 radical (unpaired) electrons. The molecule has 0 aliphatic heterocycles. The lowest BCUT2D eigenvalue weighted by Crippen LogP contribution is -2.42. The van der Waals surface area contributed by atoms with Crippen LogP contribution in [0, 0.1) is 10.8 Å². The summed E-state index contributed by atoms with van der Waals surface area (Å²) in [5.41, 5.74) is -0.901. The average Bonchev–Trinajstić information content (AvgIpc) is 2.37. The van der Waals surface area contributed by atoms with Gasteiger partial charge in [0, 0.05) is 31.6 Å². The molecule has 2 amide bonds. The Hall–Kier alpha value is -1.36. The second-order valence-corrected chi connectivity index (χ2v) is 6.99. The van der Waals surface area contributed by atoms with Crippen molar-refractivity contribution in [3.8, 4) is 0 Å². The Labute approximate surface area is 129 Å². The van der Waals surface area contributed by atoms with Gasteiger partial charge in [0.25, 0.3) is 0 Å². The summed E-state index contributed by atoms with van der Waals surface area (Å²) in [5, 5.41) is 5.79. The SMILES string of the molecule is C=CC(C)(C)C(=O)NCCN(C)CCNC(=O)C(C)(C)C. The van der Waals surface area contributed by atoms with E-state index in [-0.39, 0.29) is 17.2 Å². The number of likely N-dealkylation sites (N-methyl/N-ethyl adjacent to an activating group) is 1. The van der Waals surface area contributed by atoms with E-state index in [1.807, 2.05) is 41.7 Å². The van der Waals surface area contributed by atoms with Crippen molar-refractivity contribution in [2.45, 2.75) is 34.6 Å². The van der Waals surface area contributed by atoms with Gasteiger partial charge >= 0.3 is 0 Å². The van der Waals surface area contributed by atoms with Crippen molar-refractivity contribution in [3.05, 3.63) is 12.7 Å². The molecule has 0 bridgehead atoms. The molecule has 5 heteroatoms. The Morgan fingerprint density at radius 3 is 1.81 bits per heavy atom. The van der Waals surface area contributed by atoms with Crippen LogP contribution in [0.1, 0.15) is 34.6 Å². The van der Waals surface area contributed by atoms with Crippen molar-refractivity contribution in [1.82, 2.24) is 15.5 Å². The van der Waals surface area contributed by atoms with Crippen LogP contribution >= 0.6 is 0 Å². The molecule has 0 aliphatic rings. The van der Waals surface area contributed by atoms with Gasteiger partial charge in [-0.1, -0.05) is 26.8 Å². The Bertz CT molecular complexity index is 370. The van der Waals surface area contributed by atoms with Crippen LogP contribution in [0.2, 0.25) is 0 Å². The van der Waals surface area contributed by atoms with Crippen molar-refractivity contribution in [2.75, 3.05) is 33.2 Å². The third-order valence-corrected chi connectivity index (χ3v) is 3.33. The first-order valence-electron chi connectivity index (χ1n) is 7.39. The minimum absolute atomic E-state index is 0.0214. The fourth-order valence-corrected chi connectivity index (χ4v) is 1.42. The first-order chi connectivity index (χ1) is 9.50. The van der Waals surface area contributed by atoms with Gasteiger partial charge in [-0.25, -0.2) is 0 Å². The van der Waals surface area contributed by atoms with Gasteiger partial charge in [-0.05, 0) is 20.9 Å².